The summed E-state index contributed by atoms with van der Waals surface area (Å²) in [5, 5.41) is 2.95. The molecule has 4 heterocycles. The lowest BCUT2D eigenvalue weighted by atomic mass is 10.2. The van der Waals surface area contributed by atoms with Gasteiger partial charge in [-0.1, -0.05) is 18.2 Å². The quantitative estimate of drug-likeness (QED) is 0.530. The van der Waals surface area contributed by atoms with Crippen molar-refractivity contribution in [2.45, 2.75) is 25.8 Å². The monoisotopic (exact) mass is 394 g/mol. The number of thiazole rings is 1. The molecule has 1 N–H and O–H groups in total. The molecule has 0 aliphatic carbocycles. The number of aromatic nitrogens is 3. The maximum absolute atomic E-state index is 13.3. The average Bonchev–Trinajstić information content (AvgIpc) is 3.45. The van der Waals surface area contributed by atoms with E-state index < -0.39 is 0 Å². The van der Waals surface area contributed by atoms with Crippen LogP contribution in [0.4, 0.5) is 0 Å². The van der Waals surface area contributed by atoms with Gasteiger partial charge >= 0.3 is 0 Å². The van der Waals surface area contributed by atoms with E-state index in [1.54, 1.807) is 11.3 Å². The van der Waals surface area contributed by atoms with Crippen LogP contribution in [0.15, 0.2) is 41.8 Å². The van der Waals surface area contributed by atoms with Crippen LogP contribution in [0.3, 0.4) is 0 Å². The molecule has 1 aliphatic heterocycles. The van der Waals surface area contributed by atoms with Crippen LogP contribution in [0.2, 0.25) is 0 Å². The first kappa shape index (κ1) is 16.6. The molecule has 0 radical (unpaired) electrons. The van der Waals surface area contributed by atoms with Gasteiger partial charge in [0.25, 0.3) is 5.91 Å². The molecule has 1 atom stereocenters. The number of amides is 1. The third kappa shape index (κ3) is 2.87. The zero-order chi connectivity index (χ0) is 18.4. The summed E-state index contributed by atoms with van der Waals surface area (Å²) in [7, 11) is 0. The number of nitrogens with one attached hydrogen (secondary N) is 1. The summed E-state index contributed by atoms with van der Waals surface area (Å²) in [5.74, 6) is 0.943. The van der Waals surface area contributed by atoms with E-state index >= 15 is 0 Å². The van der Waals surface area contributed by atoms with E-state index in [1.165, 1.54) is 11.3 Å². The van der Waals surface area contributed by atoms with Gasteiger partial charge < -0.3 is 9.88 Å². The second-order valence-electron chi connectivity index (χ2n) is 6.71. The highest BCUT2D eigenvalue weighted by atomic mass is 32.1. The van der Waals surface area contributed by atoms with Crippen LogP contribution < -0.4 is 0 Å². The number of imidazole rings is 1. The number of likely N-dealkylation sites (tertiary alicyclic amines) is 1. The molecule has 7 heteroatoms. The lowest BCUT2D eigenvalue weighted by Crippen LogP contribution is -2.31. The molecule has 1 amide bonds. The van der Waals surface area contributed by atoms with Crippen molar-refractivity contribution in [1.29, 1.82) is 0 Å². The largest absolute Gasteiger partial charge is 0.340 e. The Balaban J connectivity index is 1.47. The standard InChI is InChI=1S/C20H18N4OS2/c1-12-17(27-19(21-12)16-9-5-11-26-16)20(25)24-10-4-8-15(24)18-22-13-6-2-3-7-14(13)23-18/h2-3,5-7,9,11,15H,4,8,10H2,1H3,(H,22,23)/t15-/m0/s1. The molecular weight excluding hydrogens is 376 g/mol. The Morgan fingerprint density at radius 1 is 1.22 bits per heavy atom. The lowest BCUT2D eigenvalue weighted by molar-refractivity contribution is 0.0734. The number of para-hydroxylation sites is 2. The number of H-pyrrole nitrogens is 1. The van der Waals surface area contributed by atoms with Gasteiger partial charge in [0.05, 0.1) is 27.6 Å². The Labute approximate surface area is 164 Å². The number of hydrogen-bond donors (Lipinski definition) is 1. The fraction of sp³-hybridized carbons (Fsp3) is 0.250. The number of benzene rings is 1. The van der Waals surface area contributed by atoms with Crippen molar-refractivity contribution < 1.29 is 4.79 Å². The maximum Gasteiger partial charge on any atom is 0.266 e. The summed E-state index contributed by atoms with van der Waals surface area (Å²) in [6, 6.07) is 12.0. The summed E-state index contributed by atoms with van der Waals surface area (Å²) in [4.78, 5) is 29.9. The van der Waals surface area contributed by atoms with Gasteiger partial charge in [-0.2, -0.15) is 0 Å². The van der Waals surface area contributed by atoms with E-state index in [4.69, 9.17) is 4.98 Å². The highest BCUT2D eigenvalue weighted by Gasteiger charge is 2.34. The van der Waals surface area contributed by atoms with Crippen molar-refractivity contribution in [3.63, 3.8) is 0 Å². The molecule has 0 bridgehead atoms. The summed E-state index contributed by atoms with van der Waals surface area (Å²) >= 11 is 3.14. The van der Waals surface area contributed by atoms with Gasteiger partial charge in [-0.05, 0) is 43.3 Å². The van der Waals surface area contributed by atoms with Crippen LogP contribution in [0.5, 0.6) is 0 Å². The van der Waals surface area contributed by atoms with Gasteiger partial charge in [-0.15, -0.1) is 22.7 Å². The first-order valence-electron chi connectivity index (χ1n) is 8.97. The molecule has 1 aliphatic rings. The molecule has 0 spiro atoms. The van der Waals surface area contributed by atoms with Crippen LogP contribution in [-0.2, 0) is 0 Å². The fourth-order valence-electron chi connectivity index (χ4n) is 3.66. The van der Waals surface area contributed by atoms with Crippen LogP contribution in [0.25, 0.3) is 20.9 Å². The second-order valence-corrected chi connectivity index (χ2v) is 8.65. The predicted molar refractivity (Wildman–Crippen MR) is 109 cm³/mol. The maximum atomic E-state index is 13.3. The van der Waals surface area contributed by atoms with Gasteiger partial charge in [0.2, 0.25) is 0 Å². The zero-order valence-corrected chi connectivity index (χ0v) is 16.4. The number of thiophene rings is 1. The van der Waals surface area contributed by atoms with Gasteiger partial charge in [-0.3, -0.25) is 4.79 Å². The molecule has 1 aromatic carbocycles. The van der Waals surface area contributed by atoms with Gasteiger partial charge in [-0.25, -0.2) is 9.97 Å². The number of aromatic amines is 1. The molecule has 3 aromatic heterocycles. The van der Waals surface area contributed by atoms with Crippen molar-refractivity contribution in [2.24, 2.45) is 0 Å². The number of hydrogen-bond acceptors (Lipinski definition) is 5. The van der Waals surface area contributed by atoms with E-state index in [-0.39, 0.29) is 11.9 Å². The number of carbonyl (C=O) groups is 1. The normalized spacial score (nSPS) is 17.1. The van der Waals surface area contributed by atoms with E-state index in [0.717, 1.165) is 56.7 Å². The molecule has 5 nitrogen and oxygen atoms in total. The SMILES string of the molecule is Cc1nc(-c2cccs2)sc1C(=O)N1CCC[C@H]1c1nc2ccccc2[nH]1. The molecule has 136 valence electrons. The Morgan fingerprint density at radius 3 is 2.93 bits per heavy atom. The Morgan fingerprint density at radius 2 is 2.11 bits per heavy atom. The fourth-order valence-corrected chi connectivity index (χ4v) is 5.47. The van der Waals surface area contributed by atoms with Crippen molar-refractivity contribution in [2.75, 3.05) is 6.54 Å². The Kier molecular flexibility index (Phi) is 4.06. The van der Waals surface area contributed by atoms with E-state index in [2.05, 4.69) is 9.97 Å². The summed E-state index contributed by atoms with van der Waals surface area (Å²) in [5.41, 5.74) is 2.77. The topological polar surface area (TPSA) is 61.9 Å². The zero-order valence-electron chi connectivity index (χ0n) is 14.8. The molecule has 1 fully saturated rings. The lowest BCUT2D eigenvalue weighted by Gasteiger charge is -2.22. The summed E-state index contributed by atoms with van der Waals surface area (Å²) in [6.07, 6.45) is 1.92. The summed E-state index contributed by atoms with van der Waals surface area (Å²) in [6.45, 7) is 2.68. The van der Waals surface area contributed by atoms with Crippen molar-refractivity contribution in [3.05, 3.63) is 58.2 Å². The van der Waals surface area contributed by atoms with Crippen molar-refractivity contribution in [3.8, 4) is 9.88 Å². The third-order valence-corrected chi connectivity index (χ3v) is 7.14. The van der Waals surface area contributed by atoms with Crippen molar-refractivity contribution >= 4 is 39.6 Å². The van der Waals surface area contributed by atoms with Crippen LogP contribution in [0, 0.1) is 6.92 Å². The number of fused-ring (bicyclic) bond motifs is 1. The molecule has 0 unspecified atom stereocenters. The number of nitrogens with zero attached hydrogens (tertiary/aromatic N) is 3. The first-order chi connectivity index (χ1) is 13.2. The van der Waals surface area contributed by atoms with E-state index in [1.807, 2.05) is 53.6 Å². The summed E-state index contributed by atoms with van der Waals surface area (Å²) < 4.78 is 0. The second kappa shape index (κ2) is 6.58. The van der Waals surface area contributed by atoms with E-state index in [0.29, 0.717) is 0 Å². The van der Waals surface area contributed by atoms with Gasteiger partial charge in [0.15, 0.2) is 0 Å². The van der Waals surface area contributed by atoms with Crippen LogP contribution >= 0.6 is 22.7 Å². The molecule has 5 rings (SSSR count). The highest BCUT2D eigenvalue weighted by molar-refractivity contribution is 7.22. The number of rotatable bonds is 3. The van der Waals surface area contributed by atoms with Gasteiger partial charge in [0.1, 0.15) is 15.7 Å². The van der Waals surface area contributed by atoms with Gasteiger partial charge in [0, 0.05) is 6.54 Å². The molecule has 0 saturated carbocycles. The predicted octanol–water partition coefficient (Wildman–Crippen LogP) is 5.03. The minimum Gasteiger partial charge on any atom is -0.340 e. The van der Waals surface area contributed by atoms with E-state index in [9.17, 15) is 4.79 Å². The smallest absolute Gasteiger partial charge is 0.266 e. The van der Waals surface area contributed by atoms with Crippen LogP contribution in [-0.4, -0.2) is 32.3 Å². The molecule has 1 saturated heterocycles. The Hall–Kier alpha value is -2.51. The van der Waals surface area contributed by atoms with Crippen molar-refractivity contribution in [1.82, 2.24) is 19.9 Å². The molecule has 27 heavy (non-hydrogen) atoms. The number of aryl methyl sites for hydroxylation is 1. The molecule has 4 aromatic rings. The molecular formula is C20H18N4OS2. The minimum absolute atomic E-state index is 0.00316. The third-order valence-electron chi connectivity index (χ3n) is 4.96. The number of carbonyl (C=O) groups excluding carboxylic acids is 1. The van der Waals surface area contributed by atoms with Crippen LogP contribution in [0.1, 0.15) is 40.1 Å². The Bertz CT molecular complexity index is 1080. The first-order valence-corrected chi connectivity index (χ1v) is 10.7. The average molecular weight is 395 g/mol. The minimum atomic E-state index is -0.00316. The highest BCUT2D eigenvalue weighted by Crippen LogP contribution is 2.36.